The van der Waals surface area contributed by atoms with Gasteiger partial charge < -0.3 is 10.6 Å². The molecular formula is C15H27N2O+. The molecule has 4 saturated carbocycles. The van der Waals surface area contributed by atoms with Gasteiger partial charge in [-0.1, -0.05) is 0 Å². The van der Waals surface area contributed by atoms with E-state index in [0.29, 0.717) is 12.6 Å². The Bertz CT molecular complexity index is 302. The van der Waals surface area contributed by atoms with Gasteiger partial charge in [-0.3, -0.25) is 4.79 Å². The number of rotatable bonds is 4. The van der Waals surface area contributed by atoms with Gasteiger partial charge in [0.1, 0.15) is 0 Å². The molecule has 4 aliphatic carbocycles. The zero-order valence-electron chi connectivity index (χ0n) is 11.7. The molecule has 102 valence electrons. The van der Waals surface area contributed by atoms with E-state index >= 15 is 0 Å². The van der Waals surface area contributed by atoms with Crippen LogP contribution in [0.3, 0.4) is 0 Å². The second-order valence-electron chi connectivity index (χ2n) is 7.43. The average Bonchev–Trinajstić information content (AvgIpc) is 2.23. The SMILES string of the molecule is CC(C)[NH2+]CC(=O)NC12CC3CC(CC(C3)C1)C2. The van der Waals surface area contributed by atoms with Crippen LogP contribution in [0.4, 0.5) is 0 Å². The van der Waals surface area contributed by atoms with Crippen LogP contribution in [0.5, 0.6) is 0 Å². The molecule has 0 unspecified atom stereocenters. The van der Waals surface area contributed by atoms with Gasteiger partial charge in [0.05, 0.1) is 6.04 Å². The lowest BCUT2D eigenvalue weighted by molar-refractivity contribution is -0.672. The second kappa shape index (κ2) is 4.52. The molecule has 0 saturated heterocycles. The monoisotopic (exact) mass is 251 g/mol. The number of carbonyl (C=O) groups is 1. The van der Waals surface area contributed by atoms with Crippen LogP contribution >= 0.6 is 0 Å². The minimum atomic E-state index is 0.191. The largest absolute Gasteiger partial charge is 0.346 e. The molecule has 18 heavy (non-hydrogen) atoms. The topological polar surface area (TPSA) is 45.7 Å². The molecule has 4 aliphatic rings. The number of carbonyl (C=O) groups excluding carboxylic acids is 1. The third-order valence-electron chi connectivity index (χ3n) is 5.22. The van der Waals surface area contributed by atoms with Crippen LogP contribution in [0, 0.1) is 17.8 Å². The lowest BCUT2D eigenvalue weighted by atomic mass is 9.53. The molecule has 1 amide bonds. The predicted octanol–water partition coefficient (Wildman–Crippen LogP) is 1.04. The lowest BCUT2D eigenvalue weighted by Crippen LogP contribution is -2.91. The van der Waals surface area contributed by atoms with E-state index in [4.69, 9.17) is 0 Å². The van der Waals surface area contributed by atoms with Crippen molar-refractivity contribution in [3.63, 3.8) is 0 Å². The van der Waals surface area contributed by atoms with Crippen LogP contribution in [0.1, 0.15) is 52.4 Å². The summed E-state index contributed by atoms with van der Waals surface area (Å²) in [5, 5.41) is 5.53. The third kappa shape index (κ3) is 2.42. The molecule has 0 atom stereocenters. The fourth-order valence-electron chi connectivity index (χ4n) is 4.95. The first-order chi connectivity index (χ1) is 8.55. The molecule has 4 bridgehead atoms. The highest BCUT2D eigenvalue weighted by Crippen LogP contribution is 2.55. The summed E-state index contributed by atoms with van der Waals surface area (Å²) in [6, 6.07) is 0.507. The Morgan fingerprint density at radius 2 is 1.67 bits per heavy atom. The first-order valence-corrected chi connectivity index (χ1v) is 7.69. The summed E-state index contributed by atoms with van der Waals surface area (Å²) in [5.41, 5.74) is 0.191. The molecule has 0 radical (unpaired) electrons. The summed E-state index contributed by atoms with van der Waals surface area (Å²) in [5.74, 6) is 2.98. The van der Waals surface area contributed by atoms with Crippen molar-refractivity contribution in [1.29, 1.82) is 0 Å². The van der Waals surface area contributed by atoms with E-state index in [2.05, 4.69) is 24.5 Å². The van der Waals surface area contributed by atoms with E-state index in [1.807, 2.05) is 0 Å². The van der Waals surface area contributed by atoms with Crippen LogP contribution < -0.4 is 10.6 Å². The summed E-state index contributed by atoms with van der Waals surface area (Å²) in [6.45, 7) is 4.87. The number of hydrogen-bond donors (Lipinski definition) is 2. The first kappa shape index (κ1) is 12.5. The van der Waals surface area contributed by atoms with E-state index in [0.717, 1.165) is 17.8 Å². The Labute approximate surface area is 110 Å². The van der Waals surface area contributed by atoms with Crippen LogP contribution in [0.25, 0.3) is 0 Å². The van der Waals surface area contributed by atoms with Crippen LogP contribution in [-0.2, 0) is 4.79 Å². The molecule has 0 spiro atoms. The molecule has 3 heteroatoms. The fraction of sp³-hybridized carbons (Fsp3) is 0.933. The van der Waals surface area contributed by atoms with Crippen molar-refractivity contribution in [2.24, 2.45) is 17.8 Å². The maximum atomic E-state index is 12.1. The van der Waals surface area contributed by atoms with Crippen molar-refractivity contribution in [3.05, 3.63) is 0 Å². The quantitative estimate of drug-likeness (QED) is 0.770. The fourth-order valence-corrected chi connectivity index (χ4v) is 4.95. The Balaban J connectivity index is 1.60. The molecule has 3 N–H and O–H groups in total. The smallest absolute Gasteiger partial charge is 0.275 e. The second-order valence-corrected chi connectivity index (χ2v) is 7.43. The number of nitrogens with two attached hydrogens (primary N) is 1. The van der Waals surface area contributed by atoms with Gasteiger partial charge in [0.25, 0.3) is 5.91 Å². The van der Waals surface area contributed by atoms with Gasteiger partial charge in [-0.25, -0.2) is 0 Å². The summed E-state index contributed by atoms with van der Waals surface area (Å²) < 4.78 is 0. The number of quaternary nitrogens is 1. The highest BCUT2D eigenvalue weighted by Gasteiger charge is 2.51. The van der Waals surface area contributed by atoms with Crippen molar-refractivity contribution < 1.29 is 10.1 Å². The first-order valence-electron chi connectivity index (χ1n) is 7.69. The Kier molecular flexibility index (Phi) is 3.13. The van der Waals surface area contributed by atoms with Gasteiger partial charge in [-0.2, -0.15) is 0 Å². The molecule has 3 nitrogen and oxygen atoms in total. The normalized spacial score (nSPS) is 41.4. The maximum absolute atomic E-state index is 12.1. The molecule has 0 aromatic rings. The van der Waals surface area contributed by atoms with E-state index in [1.165, 1.54) is 38.5 Å². The molecule has 0 aliphatic heterocycles. The maximum Gasteiger partial charge on any atom is 0.275 e. The standard InChI is InChI=1S/C15H26N2O/c1-10(2)16-9-14(18)17-15-6-11-3-12(7-15)5-13(4-11)8-15/h10-13,16H,3-9H2,1-2H3,(H,17,18)/p+1. The molecule has 0 aromatic carbocycles. The highest BCUT2D eigenvalue weighted by atomic mass is 16.2. The van der Waals surface area contributed by atoms with Gasteiger partial charge >= 0.3 is 0 Å². The third-order valence-corrected chi connectivity index (χ3v) is 5.22. The van der Waals surface area contributed by atoms with E-state index in [1.54, 1.807) is 0 Å². The number of hydrogen-bond acceptors (Lipinski definition) is 1. The van der Waals surface area contributed by atoms with Crippen LogP contribution in [-0.4, -0.2) is 24.0 Å². The van der Waals surface area contributed by atoms with Crippen molar-refractivity contribution >= 4 is 5.91 Å². The lowest BCUT2D eigenvalue weighted by Gasteiger charge is -2.56. The van der Waals surface area contributed by atoms with E-state index in [-0.39, 0.29) is 11.4 Å². The number of nitrogens with one attached hydrogen (secondary N) is 1. The Morgan fingerprint density at radius 1 is 1.17 bits per heavy atom. The van der Waals surface area contributed by atoms with Gasteiger partial charge in [-0.05, 0) is 70.1 Å². The van der Waals surface area contributed by atoms with E-state index < -0.39 is 0 Å². The van der Waals surface area contributed by atoms with Crippen molar-refractivity contribution in [2.75, 3.05) is 6.54 Å². The van der Waals surface area contributed by atoms with Gasteiger partial charge in [-0.15, -0.1) is 0 Å². The summed E-state index contributed by atoms with van der Waals surface area (Å²) in [6.07, 6.45) is 8.08. The zero-order chi connectivity index (χ0) is 12.8. The average molecular weight is 251 g/mol. The minimum Gasteiger partial charge on any atom is -0.346 e. The zero-order valence-corrected chi connectivity index (χ0v) is 11.7. The summed E-state index contributed by atoms with van der Waals surface area (Å²) >= 11 is 0. The molecule has 0 aromatic heterocycles. The highest BCUT2D eigenvalue weighted by molar-refractivity contribution is 5.77. The number of amides is 1. The summed E-state index contributed by atoms with van der Waals surface area (Å²) in [7, 11) is 0. The predicted molar refractivity (Wildman–Crippen MR) is 71.0 cm³/mol. The van der Waals surface area contributed by atoms with Gasteiger partial charge in [0.15, 0.2) is 6.54 Å². The van der Waals surface area contributed by atoms with Crippen LogP contribution in [0.15, 0.2) is 0 Å². The Morgan fingerprint density at radius 3 is 2.11 bits per heavy atom. The molecular weight excluding hydrogens is 224 g/mol. The van der Waals surface area contributed by atoms with Crippen molar-refractivity contribution in [2.45, 2.75) is 64.0 Å². The molecule has 4 rings (SSSR count). The van der Waals surface area contributed by atoms with Gasteiger partial charge in [0.2, 0.25) is 0 Å². The van der Waals surface area contributed by atoms with Crippen molar-refractivity contribution in [3.8, 4) is 0 Å². The summed E-state index contributed by atoms with van der Waals surface area (Å²) in [4.78, 5) is 12.1. The molecule has 4 fully saturated rings. The van der Waals surface area contributed by atoms with Crippen LogP contribution in [0.2, 0.25) is 0 Å². The Hall–Kier alpha value is -0.570. The van der Waals surface area contributed by atoms with Gasteiger partial charge in [0, 0.05) is 5.54 Å². The van der Waals surface area contributed by atoms with Crippen molar-refractivity contribution in [1.82, 2.24) is 5.32 Å². The van der Waals surface area contributed by atoms with E-state index in [9.17, 15) is 4.79 Å². The minimum absolute atomic E-state index is 0.191. The molecule has 0 heterocycles.